The van der Waals surface area contributed by atoms with E-state index in [0.717, 1.165) is 16.5 Å². The van der Waals surface area contributed by atoms with Crippen molar-refractivity contribution >= 4 is 11.0 Å². The molecule has 0 saturated heterocycles. The molecule has 2 N–H and O–H groups in total. The minimum absolute atomic E-state index is 0.282. The molecule has 4 heteroatoms. The molecule has 0 aliphatic heterocycles. The van der Waals surface area contributed by atoms with E-state index in [1.165, 1.54) is 6.07 Å². The van der Waals surface area contributed by atoms with E-state index in [1.54, 1.807) is 6.07 Å². The summed E-state index contributed by atoms with van der Waals surface area (Å²) in [6.45, 7) is 1.57. The van der Waals surface area contributed by atoms with Crippen LogP contribution in [-0.2, 0) is 6.42 Å². The first-order valence-electron chi connectivity index (χ1n) is 5.42. The Kier molecular flexibility index (Phi) is 3.26. The van der Waals surface area contributed by atoms with Crippen LogP contribution in [0.3, 0.4) is 0 Å². The molecule has 4 nitrogen and oxygen atoms in total. The molecule has 0 saturated carbocycles. The largest absolute Gasteiger partial charge is 0.423 e. The van der Waals surface area contributed by atoms with Crippen LogP contribution < -0.4 is 5.63 Å². The number of hydrogen-bond donors (Lipinski definition) is 2. The van der Waals surface area contributed by atoms with Crippen LogP contribution in [-0.4, -0.2) is 22.9 Å². The Bertz CT molecular complexity index is 585. The van der Waals surface area contributed by atoms with Gasteiger partial charge in [-0.3, -0.25) is 0 Å². The van der Waals surface area contributed by atoms with Crippen LogP contribution in [0.4, 0.5) is 0 Å². The minimum atomic E-state index is -0.788. The number of aliphatic hydroxyl groups excluding tert-OH is 2. The Morgan fingerprint density at radius 3 is 2.82 bits per heavy atom. The predicted molar refractivity (Wildman–Crippen MR) is 64.0 cm³/mol. The Morgan fingerprint density at radius 1 is 1.35 bits per heavy atom. The Hall–Kier alpha value is -1.65. The molecule has 0 aliphatic rings. The fourth-order valence-corrected chi connectivity index (χ4v) is 1.83. The number of benzene rings is 1. The molecule has 0 spiro atoms. The summed E-state index contributed by atoms with van der Waals surface area (Å²) < 4.78 is 5.10. The van der Waals surface area contributed by atoms with Gasteiger partial charge in [-0.2, -0.15) is 0 Å². The van der Waals surface area contributed by atoms with Crippen LogP contribution >= 0.6 is 0 Å². The molecule has 1 unspecified atom stereocenters. The summed E-state index contributed by atoms with van der Waals surface area (Å²) in [5.74, 6) is 0. The van der Waals surface area contributed by atoms with Gasteiger partial charge >= 0.3 is 5.63 Å². The summed E-state index contributed by atoms with van der Waals surface area (Å²) in [4.78, 5) is 11.2. The summed E-state index contributed by atoms with van der Waals surface area (Å²) in [7, 11) is 0. The second kappa shape index (κ2) is 4.69. The second-order valence-corrected chi connectivity index (χ2v) is 4.12. The highest BCUT2D eigenvalue weighted by atomic mass is 16.4. The molecule has 2 rings (SSSR count). The van der Waals surface area contributed by atoms with E-state index in [0.29, 0.717) is 12.0 Å². The summed E-state index contributed by atoms with van der Waals surface area (Å²) >= 11 is 0. The van der Waals surface area contributed by atoms with Gasteiger partial charge in [-0.1, -0.05) is 12.1 Å². The molecule has 0 radical (unpaired) electrons. The van der Waals surface area contributed by atoms with Crippen molar-refractivity contribution in [3.8, 4) is 0 Å². The normalized spacial score (nSPS) is 12.9. The van der Waals surface area contributed by atoms with Gasteiger partial charge in [0, 0.05) is 17.9 Å². The first kappa shape index (κ1) is 11.8. The van der Waals surface area contributed by atoms with Crippen LogP contribution in [0.1, 0.15) is 11.1 Å². The topological polar surface area (TPSA) is 70.7 Å². The van der Waals surface area contributed by atoms with Crippen molar-refractivity contribution in [1.82, 2.24) is 0 Å². The van der Waals surface area contributed by atoms with Crippen molar-refractivity contribution < 1.29 is 14.6 Å². The van der Waals surface area contributed by atoms with Crippen LogP contribution in [0.2, 0.25) is 0 Å². The van der Waals surface area contributed by atoms with Gasteiger partial charge in [0.25, 0.3) is 0 Å². The first-order valence-corrected chi connectivity index (χ1v) is 5.42. The van der Waals surface area contributed by atoms with E-state index in [9.17, 15) is 9.90 Å². The Balaban J connectivity index is 2.46. The highest BCUT2D eigenvalue weighted by molar-refractivity contribution is 5.80. The second-order valence-electron chi connectivity index (χ2n) is 4.12. The molecule has 2 aromatic rings. The number of aliphatic hydroxyl groups is 2. The molecule has 17 heavy (non-hydrogen) atoms. The van der Waals surface area contributed by atoms with Crippen molar-refractivity contribution in [2.24, 2.45) is 0 Å². The van der Waals surface area contributed by atoms with E-state index >= 15 is 0 Å². The molecule has 0 fully saturated rings. The van der Waals surface area contributed by atoms with Gasteiger partial charge in [0.2, 0.25) is 0 Å². The molecular weight excluding hydrogens is 220 g/mol. The minimum Gasteiger partial charge on any atom is -0.423 e. The van der Waals surface area contributed by atoms with E-state index in [4.69, 9.17) is 9.52 Å². The van der Waals surface area contributed by atoms with E-state index in [2.05, 4.69) is 0 Å². The molecule has 1 aromatic heterocycles. The van der Waals surface area contributed by atoms with Crippen LogP contribution in [0, 0.1) is 6.92 Å². The standard InChI is InChI=1S/C13H14O4/c1-8-4-13(16)17-12-6-9(2-3-11(8)12)5-10(15)7-14/h2-4,6,10,14-15H,5,7H2,1H3. The zero-order chi connectivity index (χ0) is 12.4. The molecule has 0 amide bonds. The zero-order valence-electron chi connectivity index (χ0n) is 9.51. The number of hydrogen-bond acceptors (Lipinski definition) is 4. The van der Waals surface area contributed by atoms with E-state index in [-0.39, 0.29) is 12.2 Å². The maximum atomic E-state index is 11.2. The smallest absolute Gasteiger partial charge is 0.336 e. The SMILES string of the molecule is Cc1cc(=O)oc2cc(CC(O)CO)ccc12. The van der Waals surface area contributed by atoms with Gasteiger partial charge in [-0.15, -0.1) is 0 Å². The first-order chi connectivity index (χ1) is 8.10. The van der Waals surface area contributed by atoms with Gasteiger partial charge in [0.15, 0.2) is 0 Å². The van der Waals surface area contributed by atoms with Crippen molar-refractivity contribution in [2.75, 3.05) is 6.61 Å². The van der Waals surface area contributed by atoms with Gasteiger partial charge < -0.3 is 14.6 Å². The third kappa shape index (κ3) is 2.54. The lowest BCUT2D eigenvalue weighted by Gasteiger charge is -2.08. The van der Waals surface area contributed by atoms with Crippen LogP contribution in [0.15, 0.2) is 33.5 Å². The van der Waals surface area contributed by atoms with Gasteiger partial charge in [-0.05, 0) is 24.1 Å². The summed E-state index contributed by atoms with van der Waals surface area (Å²) in [6, 6.07) is 6.88. The maximum Gasteiger partial charge on any atom is 0.336 e. The molecular formula is C13H14O4. The predicted octanol–water partition coefficient (Wildman–Crippen LogP) is 0.997. The van der Waals surface area contributed by atoms with Gasteiger partial charge in [-0.25, -0.2) is 4.79 Å². The highest BCUT2D eigenvalue weighted by Gasteiger charge is 2.07. The third-order valence-corrected chi connectivity index (χ3v) is 2.70. The lowest BCUT2D eigenvalue weighted by atomic mass is 10.0. The number of rotatable bonds is 3. The molecule has 0 bridgehead atoms. The maximum absolute atomic E-state index is 11.2. The molecule has 1 aromatic carbocycles. The van der Waals surface area contributed by atoms with Crippen molar-refractivity contribution in [3.63, 3.8) is 0 Å². The van der Waals surface area contributed by atoms with Crippen molar-refractivity contribution in [3.05, 3.63) is 45.8 Å². The lowest BCUT2D eigenvalue weighted by Crippen LogP contribution is -2.15. The molecule has 0 aliphatic carbocycles. The average Bonchev–Trinajstić information content (AvgIpc) is 2.28. The summed E-state index contributed by atoms with van der Waals surface area (Å²) in [6.07, 6.45) is -0.451. The molecule has 1 atom stereocenters. The molecule has 1 heterocycles. The quantitative estimate of drug-likeness (QED) is 0.777. The summed E-state index contributed by atoms with van der Waals surface area (Å²) in [5, 5.41) is 19.0. The van der Waals surface area contributed by atoms with Crippen LogP contribution in [0.25, 0.3) is 11.0 Å². The van der Waals surface area contributed by atoms with Crippen molar-refractivity contribution in [2.45, 2.75) is 19.4 Å². The van der Waals surface area contributed by atoms with E-state index < -0.39 is 6.10 Å². The van der Waals surface area contributed by atoms with Gasteiger partial charge in [0.1, 0.15) is 5.58 Å². The van der Waals surface area contributed by atoms with Gasteiger partial charge in [0.05, 0.1) is 12.7 Å². The number of aryl methyl sites for hydroxylation is 1. The average molecular weight is 234 g/mol. The highest BCUT2D eigenvalue weighted by Crippen LogP contribution is 2.18. The third-order valence-electron chi connectivity index (χ3n) is 2.70. The zero-order valence-corrected chi connectivity index (χ0v) is 9.51. The monoisotopic (exact) mass is 234 g/mol. The lowest BCUT2D eigenvalue weighted by molar-refractivity contribution is 0.0955. The fourth-order valence-electron chi connectivity index (χ4n) is 1.83. The van der Waals surface area contributed by atoms with Crippen molar-refractivity contribution in [1.29, 1.82) is 0 Å². The molecule has 90 valence electrons. The summed E-state index contributed by atoms with van der Waals surface area (Å²) in [5.41, 5.74) is 1.82. The number of fused-ring (bicyclic) bond motifs is 1. The van der Waals surface area contributed by atoms with E-state index in [1.807, 2.05) is 19.1 Å². The Morgan fingerprint density at radius 2 is 2.12 bits per heavy atom. The Labute approximate surface area is 98.1 Å². The van der Waals surface area contributed by atoms with Crippen LogP contribution in [0.5, 0.6) is 0 Å². The fraction of sp³-hybridized carbons (Fsp3) is 0.308.